The molecule has 0 saturated carbocycles. The number of hydrogen-bond donors (Lipinski definition) is 2. The summed E-state index contributed by atoms with van der Waals surface area (Å²) in [6, 6.07) is 6.70. The van der Waals surface area contributed by atoms with Gasteiger partial charge in [0.25, 0.3) is 0 Å². The van der Waals surface area contributed by atoms with E-state index in [2.05, 4.69) is 0 Å². The molecule has 0 amide bonds. The molecule has 0 fully saturated rings. The van der Waals surface area contributed by atoms with Crippen LogP contribution in [0.1, 0.15) is 5.56 Å². The SMILES string of the molecule is Cc1ccccc1F.OBO. The van der Waals surface area contributed by atoms with E-state index < -0.39 is 7.69 Å². The third-order valence-corrected chi connectivity index (χ3v) is 1.08. The van der Waals surface area contributed by atoms with Gasteiger partial charge in [-0.2, -0.15) is 0 Å². The van der Waals surface area contributed by atoms with Crippen molar-refractivity contribution in [3.05, 3.63) is 35.6 Å². The van der Waals surface area contributed by atoms with E-state index in [1.165, 1.54) is 6.07 Å². The molecule has 0 saturated heterocycles. The third-order valence-electron chi connectivity index (χ3n) is 1.08. The molecule has 0 unspecified atom stereocenters. The second-order valence-electron chi connectivity index (χ2n) is 1.89. The monoisotopic (exact) mass is 156 g/mol. The minimum atomic E-state index is -0.750. The predicted octanol–water partition coefficient (Wildman–Crippen LogP) is 0.372. The highest BCUT2D eigenvalue weighted by atomic mass is 19.1. The van der Waals surface area contributed by atoms with E-state index in [9.17, 15) is 4.39 Å². The smallest absolute Gasteiger partial charge is 0.430 e. The standard InChI is InChI=1S/C7H7F.BH3O2/c1-6-4-2-3-5-7(6)8;2-1-3/h2-5H,1H3;1-3H. The van der Waals surface area contributed by atoms with Crippen LogP contribution in [0.2, 0.25) is 0 Å². The van der Waals surface area contributed by atoms with Gasteiger partial charge >= 0.3 is 7.69 Å². The lowest BCUT2D eigenvalue weighted by Gasteiger charge is -1.89. The number of aryl methyl sites for hydroxylation is 1. The van der Waals surface area contributed by atoms with Gasteiger partial charge in [0, 0.05) is 0 Å². The van der Waals surface area contributed by atoms with Gasteiger partial charge in [0.2, 0.25) is 0 Å². The molecule has 0 spiro atoms. The van der Waals surface area contributed by atoms with Crippen LogP contribution in [0, 0.1) is 12.7 Å². The topological polar surface area (TPSA) is 40.5 Å². The van der Waals surface area contributed by atoms with Crippen LogP contribution < -0.4 is 0 Å². The van der Waals surface area contributed by atoms with E-state index in [0.29, 0.717) is 5.56 Å². The van der Waals surface area contributed by atoms with Gasteiger partial charge in [-0.15, -0.1) is 0 Å². The molecule has 11 heavy (non-hydrogen) atoms. The minimum Gasteiger partial charge on any atom is -0.430 e. The Morgan fingerprint density at radius 3 is 2.00 bits per heavy atom. The van der Waals surface area contributed by atoms with Gasteiger partial charge in [0.05, 0.1) is 0 Å². The van der Waals surface area contributed by atoms with Gasteiger partial charge in [-0.05, 0) is 18.6 Å². The van der Waals surface area contributed by atoms with Crippen LogP contribution >= 0.6 is 0 Å². The lowest BCUT2D eigenvalue weighted by Crippen LogP contribution is -1.76. The first kappa shape index (κ1) is 10.1. The van der Waals surface area contributed by atoms with E-state index >= 15 is 0 Å². The molecule has 0 aromatic heterocycles. The lowest BCUT2D eigenvalue weighted by molar-refractivity contribution is 0.448. The molecule has 0 bridgehead atoms. The zero-order valence-corrected chi connectivity index (χ0v) is 6.29. The second-order valence-corrected chi connectivity index (χ2v) is 1.89. The highest BCUT2D eigenvalue weighted by Gasteiger charge is 1.88. The fourth-order valence-corrected chi connectivity index (χ4v) is 0.551. The van der Waals surface area contributed by atoms with E-state index in [1.54, 1.807) is 19.1 Å². The molecule has 4 heteroatoms. The summed E-state index contributed by atoms with van der Waals surface area (Å²) in [6.07, 6.45) is 0. The second kappa shape index (κ2) is 5.89. The van der Waals surface area contributed by atoms with Crippen LogP contribution in [0.4, 0.5) is 4.39 Å². The van der Waals surface area contributed by atoms with Crippen LogP contribution in [0.15, 0.2) is 24.3 Å². The summed E-state index contributed by atoms with van der Waals surface area (Å²) in [5.74, 6) is -0.132. The quantitative estimate of drug-likeness (QED) is 0.532. The Labute approximate surface area is 65.6 Å². The molecule has 1 rings (SSSR count). The maximum Gasteiger partial charge on any atom is 0.432 e. The summed E-state index contributed by atoms with van der Waals surface area (Å²) in [5.41, 5.74) is 0.701. The molecule has 0 aliphatic rings. The van der Waals surface area contributed by atoms with Crippen LogP contribution in [-0.4, -0.2) is 17.7 Å². The van der Waals surface area contributed by atoms with Crippen molar-refractivity contribution in [3.8, 4) is 0 Å². The summed E-state index contributed by atoms with van der Waals surface area (Å²) >= 11 is 0. The maximum atomic E-state index is 12.3. The summed E-state index contributed by atoms with van der Waals surface area (Å²) in [7, 11) is -0.750. The summed E-state index contributed by atoms with van der Waals surface area (Å²) in [6.45, 7) is 1.75. The van der Waals surface area contributed by atoms with Crippen LogP contribution in [0.25, 0.3) is 0 Å². The molecule has 2 N–H and O–H groups in total. The van der Waals surface area contributed by atoms with Crippen molar-refractivity contribution in [1.29, 1.82) is 0 Å². The van der Waals surface area contributed by atoms with E-state index in [0.717, 1.165) is 0 Å². The van der Waals surface area contributed by atoms with Gasteiger partial charge in [-0.1, -0.05) is 18.2 Å². The summed E-state index contributed by atoms with van der Waals surface area (Å²) in [5, 5.41) is 14.2. The summed E-state index contributed by atoms with van der Waals surface area (Å²) in [4.78, 5) is 0. The van der Waals surface area contributed by atoms with Crippen molar-refractivity contribution in [2.75, 3.05) is 0 Å². The first-order chi connectivity index (χ1) is 5.22. The minimum absolute atomic E-state index is 0.132. The van der Waals surface area contributed by atoms with Crippen molar-refractivity contribution < 1.29 is 14.4 Å². The zero-order valence-electron chi connectivity index (χ0n) is 6.29. The molecule has 0 heterocycles. The van der Waals surface area contributed by atoms with Crippen molar-refractivity contribution in [1.82, 2.24) is 0 Å². The Morgan fingerprint density at radius 1 is 1.27 bits per heavy atom. The fraction of sp³-hybridized carbons (Fsp3) is 0.143. The van der Waals surface area contributed by atoms with Gasteiger partial charge in [0.1, 0.15) is 5.82 Å². The summed E-state index contributed by atoms with van der Waals surface area (Å²) < 4.78 is 12.3. The van der Waals surface area contributed by atoms with E-state index in [4.69, 9.17) is 10.0 Å². The average molecular weight is 156 g/mol. The van der Waals surface area contributed by atoms with E-state index in [1.807, 2.05) is 6.07 Å². The highest BCUT2D eigenvalue weighted by Crippen LogP contribution is 2.01. The number of benzene rings is 1. The van der Waals surface area contributed by atoms with Crippen molar-refractivity contribution in [3.63, 3.8) is 0 Å². The predicted molar refractivity (Wildman–Crippen MR) is 42.7 cm³/mol. The Balaban J connectivity index is 0.000000292. The van der Waals surface area contributed by atoms with Crippen LogP contribution in [-0.2, 0) is 0 Å². The normalized spacial score (nSPS) is 8.00. The Kier molecular flexibility index (Phi) is 5.42. The Hall–Kier alpha value is -0.865. The maximum absolute atomic E-state index is 12.3. The average Bonchev–Trinajstić information content (AvgIpc) is 1.97. The molecule has 0 radical (unpaired) electrons. The van der Waals surface area contributed by atoms with Gasteiger partial charge < -0.3 is 10.0 Å². The molecule has 1 aromatic rings. The van der Waals surface area contributed by atoms with Gasteiger partial charge in [-0.3, -0.25) is 0 Å². The Morgan fingerprint density at radius 2 is 1.73 bits per heavy atom. The number of rotatable bonds is 0. The Bertz CT molecular complexity index is 184. The van der Waals surface area contributed by atoms with Crippen molar-refractivity contribution >= 4 is 7.69 Å². The van der Waals surface area contributed by atoms with Gasteiger partial charge in [0.15, 0.2) is 0 Å². The fourth-order valence-electron chi connectivity index (χ4n) is 0.551. The molecular weight excluding hydrogens is 146 g/mol. The van der Waals surface area contributed by atoms with Crippen molar-refractivity contribution in [2.45, 2.75) is 6.92 Å². The largest absolute Gasteiger partial charge is 0.432 e. The lowest BCUT2D eigenvalue weighted by atomic mass is 10.2. The van der Waals surface area contributed by atoms with Gasteiger partial charge in [-0.25, -0.2) is 4.39 Å². The van der Waals surface area contributed by atoms with Crippen molar-refractivity contribution in [2.24, 2.45) is 0 Å². The molecule has 0 aliphatic heterocycles. The number of halogens is 1. The first-order valence-electron chi connectivity index (χ1n) is 3.15. The van der Waals surface area contributed by atoms with Crippen LogP contribution in [0.3, 0.4) is 0 Å². The highest BCUT2D eigenvalue weighted by molar-refractivity contribution is 6.13. The zero-order chi connectivity index (χ0) is 8.69. The van der Waals surface area contributed by atoms with E-state index in [-0.39, 0.29) is 5.82 Å². The molecular formula is C7H10BFO2. The molecule has 0 aliphatic carbocycles. The molecule has 60 valence electrons. The molecule has 1 aromatic carbocycles. The first-order valence-corrected chi connectivity index (χ1v) is 3.15. The molecule has 2 nitrogen and oxygen atoms in total. The third kappa shape index (κ3) is 4.53. The number of hydrogen-bond acceptors (Lipinski definition) is 2. The van der Waals surface area contributed by atoms with Crippen LogP contribution in [0.5, 0.6) is 0 Å². The molecule has 0 atom stereocenters.